The molecule has 0 fully saturated rings. The molecule has 0 saturated heterocycles. The van der Waals surface area contributed by atoms with Gasteiger partial charge in [0.05, 0.1) is 5.75 Å². The number of hydrogen-bond donors (Lipinski definition) is 2. The van der Waals surface area contributed by atoms with Gasteiger partial charge in [-0.15, -0.1) is 0 Å². The average molecular weight is 402 g/mol. The molecule has 0 saturated carbocycles. The van der Waals surface area contributed by atoms with Crippen LogP contribution in [0.15, 0.2) is 65.1 Å². The molecule has 0 aliphatic heterocycles. The molecule has 0 radical (unpaired) electrons. The lowest BCUT2D eigenvalue weighted by atomic mass is 10.1. The Morgan fingerprint density at radius 3 is 2.25 bits per heavy atom. The fraction of sp³-hybridized carbons (Fsp3) is 0.150. The van der Waals surface area contributed by atoms with E-state index in [0.717, 1.165) is 5.56 Å². The number of carbonyl (C=O) groups excluding carboxylic acids is 1. The van der Waals surface area contributed by atoms with Crippen molar-refractivity contribution < 1.29 is 22.0 Å². The predicted molar refractivity (Wildman–Crippen MR) is 103 cm³/mol. The lowest BCUT2D eigenvalue weighted by Gasteiger charge is -2.06. The quantitative estimate of drug-likeness (QED) is 0.636. The van der Waals surface area contributed by atoms with Crippen LogP contribution < -0.4 is 10.0 Å². The molecule has 8 heteroatoms. The number of amides is 1. The summed E-state index contributed by atoms with van der Waals surface area (Å²) in [6.07, 6.45) is 0. The van der Waals surface area contributed by atoms with Crippen molar-refractivity contribution in [3.63, 3.8) is 0 Å². The van der Waals surface area contributed by atoms with Gasteiger partial charge in [0, 0.05) is 12.1 Å². The van der Waals surface area contributed by atoms with Crippen molar-refractivity contribution in [1.82, 2.24) is 10.0 Å². The SMILES string of the molecule is CNS(=O)(=O)Cc1ccc(CNC(=O)c2ccc(-c3ccc(F)cc3)o2)cc1. The van der Waals surface area contributed by atoms with E-state index in [0.29, 0.717) is 16.9 Å². The van der Waals surface area contributed by atoms with Gasteiger partial charge in [-0.25, -0.2) is 17.5 Å². The number of halogens is 1. The van der Waals surface area contributed by atoms with Crippen LogP contribution in [0.25, 0.3) is 11.3 Å². The third-order valence-electron chi connectivity index (χ3n) is 4.10. The van der Waals surface area contributed by atoms with Crippen molar-refractivity contribution in [2.24, 2.45) is 0 Å². The zero-order chi connectivity index (χ0) is 20.1. The molecule has 2 N–H and O–H groups in total. The summed E-state index contributed by atoms with van der Waals surface area (Å²) in [4.78, 5) is 12.3. The maximum atomic E-state index is 13.0. The van der Waals surface area contributed by atoms with Crippen LogP contribution in [0.1, 0.15) is 21.7 Å². The van der Waals surface area contributed by atoms with Crippen LogP contribution in [0.2, 0.25) is 0 Å². The summed E-state index contributed by atoms with van der Waals surface area (Å²) in [6, 6.07) is 15.9. The van der Waals surface area contributed by atoms with Crippen molar-refractivity contribution in [3.05, 3.63) is 83.4 Å². The van der Waals surface area contributed by atoms with Crippen molar-refractivity contribution in [3.8, 4) is 11.3 Å². The molecular weight excluding hydrogens is 383 g/mol. The summed E-state index contributed by atoms with van der Waals surface area (Å²) in [5.41, 5.74) is 2.15. The third-order valence-corrected chi connectivity index (χ3v) is 5.44. The molecule has 28 heavy (non-hydrogen) atoms. The molecule has 1 amide bonds. The summed E-state index contributed by atoms with van der Waals surface area (Å²) in [6.45, 7) is 0.268. The van der Waals surface area contributed by atoms with E-state index in [1.54, 1.807) is 48.5 Å². The summed E-state index contributed by atoms with van der Waals surface area (Å²) in [5.74, 6) is -0.205. The second-order valence-corrected chi connectivity index (χ2v) is 8.06. The topological polar surface area (TPSA) is 88.4 Å². The Balaban J connectivity index is 1.59. The van der Waals surface area contributed by atoms with Crippen LogP contribution in [0.3, 0.4) is 0 Å². The van der Waals surface area contributed by atoms with E-state index in [-0.39, 0.29) is 29.8 Å². The van der Waals surface area contributed by atoms with Gasteiger partial charge in [0.25, 0.3) is 5.91 Å². The minimum Gasteiger partial charge on any atom is -0.451 e. The fourth-order valence-electron chi connectivity index (χ4n) is 2.54. The monoisotopic (exact) mass is 402 g/mol. The molecule has 6 nitrogen and oxygen atoms in total. The molecule has 0 unspecified atom stereocenters. The molecule has 2 aromatic carbocycles. The van der Waals surface area contributed by atoms with E-state index in [2.05, 4.69) is 10.0 Å². The Bertz CT molecular complexity index is 1060. The number of furan rings is 1. The van der Waals surface area contributed by atoms with Crippen LogP contribution in [0.4, 0.5) is 4.39 Å². The fourth-order valence-corrected chi connectivity index (χ4v) is 3.32. The highest BCUT2D eigenvalue weighted by atomic mass is 32.2. The van der Waals surface area contributed by atoms with E-state index >= 15 is 0 Å². The van der Waals surface area contributed by atoms with Gasteiger partial charge in [-0.3, -0.25) is 4.79 Å². The molecule has 3 aromatic rings. The van der Waals surface area contributed by atoms with E-state index < -0.39 is 10.0 Å². The largest absolute Gasteiger partial charge is 0.451 e. The van der Waals surface area contributed by atoms with Gasteiger partial charge in [-0.2, -0.15) is 0 Å². The number of sulfonamides is 1. The molecular formula is C20H19FN2O4S. The van der Waals surface area contributed by atoms with E-state index in [1.165, 1.54) is 19.2 Å². The first kappa shape index (κ1) is 19.8. The number of hydrogen-bond acceptors (Lipinski definition) is 4. The van der Waals surface area contributed by atoms with Crippen molar-refractivity contribution in [2.75, 3.05) is 7.05 Å². The summed E-state index contributed by atoms with van der Waals surface area (Å²) in [5, 5.41) is 2.74. The first-order valence-electron chi connectivity index (χ1n) is 8.49. The first-order chi connectivity index (χ1) is 13.4. The second-order valence-electron chi connectivity index (χ2n) is 6.13. The van der Waals surface area contributed by atoms with Crippen molar-refractivity contribution in [2.45, 2.75) is 12.3 Å². The minimum atomic E-state index is -3.32. The van der Waals surface area contributed by atoms with Gasteiger partial charge in [0.2, 0.25) is 10.0 Å². The van der Waals surface area contributed by atoms with Gasteiger partial charge < -0.3 is 9.73 Å². The molecule has 0 aliphatic carbocycles. The highest BCUT2D eigenvalue weighted by Gasteiger charge is 2.13. The standard InChI is InChI=1S/C20H19FN2O4S/c1-22-28(25,26)13-15-4-2-14(3-5-15)12-23-20(24)19-11-10-18(27-19)16-6-8-17(21)9-7-16/h2-11,22H,12-13H2,1H3,(H,23,24). The molecule has 0 aliphatic rings. The zero-order valence-electron chi connectivity index (χ0n) is 15.1. The summed E-state index contributed by atoms with van der Waals surface area (Å²) in [7, 11) is -1.95. The van der Waals surface area contributed by atoms with Gasteiger partial charge >= 0.3 is 0 Å². The lowest BCUT2D eigenvalue weighted by molar-refractivity contribution is 0.0924. The number of carbonyl (C=O) groups is 1. The lowest BCUT2D eigenvalue weighted by Crippen LogP contribution is -2.22. The normalized spacial score (nSPS) is 11.4. The van der Waals surface area contributed by atoms with E-state index in [1.807, 2.05) is 0 Å². The maximum Gasteiger partial charge on any atom is 0.287 e. The predicted octanol–water partition coefficient (Wildman–Crippen LogP) is 3.06. The van der Waals surface area contributed by atoms with Gasteiger partial charge in [0.1, 0.15) is 11.6 Å². The number of nitrogens with one attached hydrogen (secondary N) is 2. The van der Waals surface area contributed by atoms with Crippen molar-refractivity contribution >= 4 is 15.9 Å². The van der Waals surface area contributed by atoms with Crippen LogP contribution in [-0.4, -0.2) is 21.4 Å². The minimum absolute atomic E-state index is 0.102. The Labute approximate surface area is 162 Å². The smallest absolute Gasteiger partial charge is 0.287 e. The van der Waals surface area contributed by atoms with Gasteiger partial charge in [-0.1, -0.05) is 24.3 Å². The van der Waals surface area contributed by atoms with Crippen LogP contribution in [0.5, 0.6) is 0 Å². The zero-order valence-corrected chi connectivity index (χ0v) is 15.9. The Morgan fingerprint density at radius 2 is 1.61 bits per heavy atom. The highest BCUT2D eigenvalue weighted by Crippen LogP contribution is 2.22. The maximum absolute atomic E-state index is 13.0. The van der Waals surface area contributed by atoms with Gasteiger partial charge in [-0.05, 0) is 54.6 Å². The van der Waals surface area contributed by atoms with E-state index in [4.69, 9.17) is 4.42 Å². The second kappa shape index (κ2) is 8.37. The Morgan fingerprint density at radius 1 is 0.964 bits per heavy atom. The van der Waals surface area contributed by atoms with Gasteiger partial charge in [0.15, 0.2) is 5.76 Å². The summed E-state index contributed by atoms with van der Waals surface area (Å²) < 4.78 is 43.9. The average Bonchev–Trinajstić information content (AvgIpc) is 3.18. The molecule has 0 bridgehead atoms. The molecule has 0 atom stereocenters. The highest BCUT2D eigenvalue weighted by molar-refractivity contribution is 7.88. The Hall–Kier alpha value is -2.97. The van der Waals surface area contributed by atoms with E-state index in [9.17, 15) is 17.6 Å². The molecule has 1 heterocycles. The molecule has 146 valence electrons. The van der Waals surface area contributed by atoms with Crippen LogP contribution in [0, 0.1) is 5.82 Å². The van der Waals surface area contributed by atoms with Crippen molar-refractivity contribution in [1.29, 1.82) is 0 Å². The molecule has 0 spiro atoms. The van der Waals surface area contributed by atoms with Crippen LogP contribution in [-0.2, 0) is 22.3 Å². The third kappa shape index (κ3) is 5.05. The number of rotatable bonds is 7. The number of benzene rings is 2. The Kier molecular flexibility index (Phi) is 5.91. The summed E-state index contributed by atoms with van der Waals surface area (Å²) >= 11 is 0. The first-order valence-corrected chi connectivity index (χ1v) is 10.1. The molecule has 3 rings (SSSR count). The van der Waals surface area contributed by atoms with Crippen LogP contribution >= 0.6 is 0 Å². The molecule has 1 aromatic heterocycles.